The van der Waals surface area contributed by atoms with Crippen LogP contribution in [0.1, 0.15) is 25.5 Å². The van der Waals surface area contributed by atoms with Gasteiger partial charge in [0.15, 0.2) is 5.11 Å². The molecule has 1 aromatic carbocycles. The van der Waals surface area contributed by atoms with Crippen molar-refractivity contribution in [2.75, 3.05) is 18.4 Å². The lowest BCUT2D eigenvalue weighted by Crippen LogP contribution is -2.37. The van der Waals surface area contributed by atoms with Crippen LogP contribution in [0.3, 0.4) is 0 Å². The highest BCUT2D eigenvalue weighted by Gasteiger charge is 2.27. The van der Waals surface area contributed by atoms with Gasteiger partial charge in [-0.2, -0.15) is 4.31 Å². The summed E-state index contributed by atoms with van der Waals surface area (Å²) in [6.07, 6.45) is 6.10. The molecule has 1 amide bonds. The summed E-state index contributed by atoms with van der Waals surface area (Å²) in [5.74, 6) is 0.703. The molecule has 0 bridgehead atoms. The first kappa shape index (κ1) is 21.2. The SMILES string of the molecule is CC1CCN(S(=O)(=O)c2ccc(NC(=S)NC(=O)/C=C/c3ccco3)cc2)CC1. The fourth-order valence-corrected chi connectivity index (χ4v) is 4.63. The average molecular weight is 434 g/mol. The van der Waals surface area contributed by atoms with Crippen molar-refractivity contribution in [2.24, 2.45) is 5.92 Å². The predicted molar refractivity (Wildman–Crippen MR) is 116 cm³/mol. The fraction of sp³-hybridized carbons (Fsp3) is 0.300. The molecule has 1 aliphatic heterocycles. The summed E-state index contributed by atoms with van der Waals surface area (Å²) in [4.78, 5) is 12.1. The van der Waals surface area contributed by atoms with E-state index in [2.05, 4.69) is 17.6 Å². The molecule has 2 aromatic rings. The molecule has 3 rings (SSSR count). The monoisotopic (exact) mass is 433 g/mol. The quantitative estimate of drug-likeness (QED) is 0.556. The number of sulfonamides is 1. The van der Waals surface area contributed by atoms with Crippen LogP contribution in [0.25, 0.3) is 6.08 Å². The van der Waals surface area contributed by atoms with Gasteiger partial charge in [0, 0.05) is 24.9 Å². The normalized spacial score (nSPS) is 16.0. The zero-order chi connectivity index (χ0) is 20.9. The molecule has 0 aliphatic carbocycles. The summed E-state index contributed by atoms with van der Waals surface area (Å²) in [5, 5.41) is 5.49. The Labute approximate surface area is 175 Å². The van der Waals surface area contributed by atoms with Gasteiger partial charge in [0.1, 0.15) is 5.76 Å². The summed E-state index contributed by atoms with van der Waals surface area (Å²) in [5.41, 5.74) is 0.580. The maximum Gasteiger partial charge on any atom is 0.250 e. The number of nitrogens with zero attached hydrogens (tertiary/aromatic N) is 1. The summed E-state index contributed by atoms with van der Waals surface area (Å²) >= 11 is 5.12. The summed E-state index contributed by atoms with van der Waals surface area (Å²) in [7, 11) is -3.49. The van der Waals surface area contributed by atoms with E-state index in [4.69, 9.17) is 16.6 Å². The van der Waals surface area contributed by atoms with Gasteiger partial charge < -0.3 is 9.73 Å². The molecule has 1 aliphatic rings. The number of hydrogen-bond acceptors (Lipinski definition) is 5. The Morgan fingerprint density at radius 2 is 1.90 bits per heavy atom. The molecule has 7 nitrogen and oxygen atoms in total. The summed E-state index contributed by atoms with van der Waals surface area (Å²) in [6.45, 7) is 3.23. The second kappa shape index (κ2) is 9.34. The van der Waals surface area contributed by atoms with E-state index in [-0.39, 0.29) is 10.0 Å². The van der Waals surface area contributed by atoms with Crippen LogP contribution in [-0.2, 0) is 14.8 Å². The fourth-order valence-electron chi connectivity index (χ4n) is 2.94. The Bertz CT molecular complexity index is 975. The van der Waals surface area contributed by atoms with Gasteiger partial charge >= 0.3 is 0 Å². The highest BCUT2D eigenvalue weighted by atomic mass is 32.2. The average Bonchev–Trinajstić information content (AvgIpc) is 3.21. The molecule has 154 valence electrons. The number of thiocarbonyl (C=S) groups is 1. The van der Waals surface area contributed by atoms with Crippen LogP contribution >= 0.6 is 12.2 Å². The molecule has 2 heterocycles. The van der Waals surface area contributed by atoms with Crippen molar-refractivity contribution in [1.29, 1.82) is 0 Å². The topological polar surface area (TPSA) is 91.7 Å². The molecule has 1 fully saturated rings. The largest absolute Gasteiger partial charge is 0.465 e. The molecule has 0 saturated carbocycles. The van der Waals surface area contributed by atoms with Gasteiger partial charge in [-0.25, -0.2) is 8.42 Å². The summed E-state index contributed by atoms with van der Waals surface area (Å²) < 4.78 is 32.1. The van der Waals surface area contributed by atoms with Gasteiger partial charge in [-0.1, -0.05) is 6.92 Å². The highest BCUT2D eigenvalue weighted by Crippen LogP contribution is 2.24. The maximum atomic E-state index is 12.7. The van der Waals surface area contributed by atoms with Crippen LogP contribution in [0, 0.1) is 5.92 Å². The Balaban J connectivity index is 1.55. The molecule has 0 radical (unpaired) electrons. The Morgan fingerprint density at radius 3 is 2.52 bits per heavy atom. The molecular formula is C20H23N3O4S2. The highest BCUT2D eigenvalue weighted by molar-refractivity contribution is 7.89. The van der Waals surface area contributed by atoms with Crippen LogP contribution in [0.2, 0.25) is 0 Å². The number of furan rings is 1. The van der Waals surface area contributed by atoms with Crippen molar-refractivity contribution in [3.8, 4) is 0 Å². The minimum atomic E-state index is -3.49. The molecule has 2 N–H and O–H groups in total. The lowest BCUT2D eigenvalue weighted by molar-refractivity contribution is -0.115. The molecule has 1 aromatic heterocycles. The number of rotatable bonds is 5. The van der Waals surface area contributed by atoms with Crippen molar-refractivity contribution >= 4 is 45.0 Å². The van der Waals surface area contributed by atoms with Crippen molar-refractivity contribution in [3.63, 3.8) is 0 Å². The first-order valence-corrected chi connectivity index (χ1v) is 11.1. The number of hydrogen-bond donors (Lipinski definition) is 2. The zero-order valence-corrected chi connectivity index (χ0v) is 17.6. The van der Waals surface area contributed by atoms with E-state index in [1.807, 2.05) is 0 Å². The Kier molecular flexibility index (Phi) is 6.83. The third-order valence-corrected chi connectivity index (χ3v) is 6.79. The van der Waals surface area contributed by atoms with Crippen molar-refractivity contribution < 1.29 is 17.6 Å². The summed E-state index contributed by atoms with van der Waals surface area (Å²) in [6, 6.07) is 9.76. The third kappa shape index (κ3) is 5.75. The molecule has 0 spiro atoms. The molecular weight excluding hydrogens is 410 g/mol. The number of anilines is 1. The van der Waals surface area contributed by atoms with Crippen LogP contribution in [-0.4, -0.2) is 36.8 Å². The number of nitrogens with one attached hydrogen (secondary N) is 2. The Morgan fingerprint density at radius 1 is 1.21 bits per heavy atom. The third-order valence-electron chi connectivity index (χ3n) is 4.67. The minimum Gasteiger partial charge on any atom is -0.465 e. The van der Waals surface area contributed by atoms with Gasteiger partial charge in [0.25, 0.3) is 0 Å². The van der Waals surface area contributed by atoms with E-state index in [1.165, 1.54) is 34.9 Å². The van der Waals surface area contributed by atoms with E-state index < -0.39 is 15.9 Å². The number of carbonyl (C=O) groups is 1. The number of piperidine rings is 1. The lowest BCUT2D eigenvalue weighted by atomic mass is 10.0. The zero-order valence-electron chi connectivity index (χ0n) is 16.0. The maximum absolute atomic E-state index is 12.7. The van der Waals surface area contributed by atoms with Gasteiger partial charge in [-0.3, -0.25) is 10.1 Å². The van der Waals surface area contributed by atoms with Crippen molar-refractivity contribution in [1.82, 2.24) is 9.62 Å². The molecule has 29 heavy (non-hydrogen) atoms. The van der Waals surface area contributed by atoms with Crippen LogP contribution < -0.4 is 10.6 Å². The van der Waals surface area contributed by atoms with Gasteiger partial charge in [-0.15, -0.1) is 0 Å². The number of carbonyl (C=O) groups excluding carboxylic acids is 1. The van der Waals surface area contributed by atoms with Crippen LogP contribution in [0.15, 0.2) is 58.1 Å². The van der Waals surface area contributed by atoms with E-state index in [0.29, 0.717) is 30.5 Å². The van der Waals surface area contributed by atoms with Gasteiger partial charge in [0.2, 0.25) is 15.9 Å². The molecule has 0 atom stereocenters. The Hall–Kier alpha value is -2.49. The smallest absolute Gasteiger partial charge is 0.250 e. The van der Waals surface area contributed by atoms with Gasteiger partial charge in [-0.05, 0) is 73.5 Å². The minimum absolute atomic E-state index is 0.111. The number of benzene rings is 1. The lowest BCUT2D eigenvalue weighted by Gasteiger charge is -2.29. The first-order chi connectivity index (χ1) is 13.8. The number of amides is 1. The van der Waals surface area contributed by atoms with E-state index in [9.17, 15) is 13.2 Å². The van der Waals surface area contributed by atoms with Crippen LogP contribution in [0.4, 0.5) is 5.69 Å². The van der Waals surface area contributed by atoms with Crippen molar-refractivity contribution in [2.45, 2.75) is 24.7 Å². The second-order valence-electron chi connectivity index (χ2n) is 6.90. The van der Waals surface area contributed by atoms with E-state index in [0.717, 1.165) is 12.8 Å². The standard InChI is InChI=1S/C20H23N3O4S2/c1-15-10-12-23(13-11-15)29(25,26)18-7-4-16(5-8-18)21-20(28)22-19(24)9-6-17-3-2-14-27-17/h2-9,14-15H,10-13H2,1H3,(H2,21,22,24,28)/b9-6+. The van der Waals surface area contributed by atoms with E-state index >= 15 is 0 Å². The molecule has 9 heteroatoms. The van der Waals surface area contributed by atoms with Crippen molar-refractivity contribution in [3.05, 3.63) is 54.5 Å². The van der Waals surface area contributed by atoms with E-state index in [1.54, 1.807) is 24.3 Å². The molecule has 1 saturated heterocycles. The predicted octanol–water partition coefficient (Wildman–Crippen LogP) is 3.23. The first-order valence-electron chi connectivity index (χ1n) is 9.28. The second-order valence-corrected chi connectivity index (χ2v) is 9.25. The van der Waals surface area contributed by atoms with Gasteiger partial charge in [0.05, 0.1) is 11.2 Å². The molecule has 0 unspecified atom stereocenters. The van der Waals surface area contributed by atoms with Crippen LogP contribution in [0.5, 0.6) is 0 Å².